The molecule has 1 saturated heterocycles. The van der Waals surface area contributed by atoms with Crippen LogP contribution in [-0.4, -0.2) is 48.9 Å². The lowest BCUT2D eigenvalue weighted by atomic mass is 10.0. The molecule has 0 aliphatic carbocycles. The Morgan fingerprint density at radius 2 is 1.97 bits per heavy atom. The number of rotatable bonds is 8. The zero-order valence-electron chi connectivity index (χ0n) is 19.6. The summed E-state index contributed by atoms with van der Waals surface area (Å²) in [5, 5.41) is 17.6. The van der Waals surface area contributed by atoms with E-state index in [1.165, 1.54) is 6.42 Å². The van der Waals surface area contributed by atoms with Gasteiger partial charge in [0.15, 0.2) is 5.65 Å². The van der Waals surface area contributed by atoms with Gasteiger partial charge in [0.1, 0.15) is 0 Å². The SMILES string of the molecule is CCc1cnn2c(NCc3ccc(-c4ccccn4)cc3)nc(N3CCCC[C@H]3CCO)nc12. The van der Waals surface area contributed by atoms with Crippen LogP contribution >= 0.6 is 0 Å². The molecule has 4 aromatic rings. The first-order valence-electron chi connectivity index (χ1n) is 12.1. The topological polar surface area (TPSA) is 91.5 Å². The summed E-state index contributed by atoms with van der Waals surface area (Å²) in [4.78, 5) is 16.5. The third-order valence-corrected chi connectivity index (χ3v) is 6.52. The Morgan fingerprint density at radius 1 is 1.09 bits per heavy atom. The first-order chi connectivity index (χ1) is 16.8. The predicted molar refractivity (Wildman–Crippen MR) is 134 cm³/mol. The predicted octanol–water partition coefficient (Wildman–Crippen LogP) is 4.10. The Balaban J connectivity index is 1.41. The molecule has 0 radical (unpaired) electrons. The molecule has 1 fully saturated rings. The van der Waals surface area contributed by atoms with Gasteiger partial charge in [-0.25, -0.2) is 0 Å². The Labute approximate surface area is 199 Å². The van der Waals surface area contributed by atoms with E-state index in [2.05, 4.69) is 51.5 Å². The van der Waals surface area contributed by atoms with E-state index in [1.54, 1.807) is 4.52 Å². The molecule has 8 nitrogen and oxygen atoms in total. The summed E-state index contributed by atoms with van der Waals surface area (Å²) >= 11 is 0. The van der Waals surface area contributed by atoms with E-state index in [9.17, 15) is 5.11 Å². The second-order valence-electron chi connectivity index (χ2n) is 8.73. The first kappa shape index (κ1) is 22.3. The van der Waals surface area contributed by atoms with Crippen LogP contribution in [0.2, 0.25) is 0 Å². The Hall–Kier alpha value is -3.52. The van der Waals surface area contributed by atoms with E-state index in [1.807, 2.05) is 30.6 Å². The fourth-order valence-electron chi connectivity index (χ4n) is 4.63. The molecule has 1 aliphatic heterocycles. The van der Waals surface area contributed by atoms with Crippen LogP contribution < -0.4 is 10.2 Å². The molecule has 3 aromatic heterocycles. The fourth-order valence-corrected chi connectivity index (χ4v) is 4.63. The highest BCUT2D eigenvalue weighted by molar-refractivity contribution is 5.59. The van der Waals surface area contributed by atoms with Crippen molar-refractivity contribution < 1.29 is 5.11 Å². The highest BCUT2D eigenvalue weighted by Crippen LogP contribution is 2.26. The van der Waals surface area contributed by atoms with E-state index in [4.69, 9.17) is 9.97 Å². The van der Waals surface area contributed by atoms with Crippen LogP contribution in [0.25, 0.3) is 16.9 Å². The average molecular weight is 458 g/mol. The quantitative estimate of drug-likeness (QED) is 0.412. The van der Waals surface area contributed by atoms with Crippen LogP contribution in [0.4, 0.5) is 11.9 Å². The van der Waals surface area contributed by atoms with Gasteiger partial charge >= 0.3 is 0 Å². The molecular formula is C26H31N7O. The van der Waals surface area contributed by atoms with Crippen LogP contribution in [0, 0.1) is 0 Å². The van der Waals surface area contributed by atoms with Gasteiger partial charge in [-0.05, 0) is 49.8 Å². The Kier molecular flexibility index (Phi) is 6.67. The van der Waals surface area contributed by atoms with Crippen LogP contribution in [0.3, 0.4) is 0 Å². The minimum atomic E-state index is 0.176. The molecule has 176 valence electrons. The van der Waals surface area contributed by atoms with Crippen molar-refractivity contribution in [2.24, 2.45) is 0 Å². The molecule has 1 atom stereocenters. The molecule has 4 heterocycles. The number of hydrogen-bond donors (Lipinski definition) is 2. The first-order valence-corrected chi connectivity index (χ1v) is 12.1. The number of aromatic nitrogens is 5. The van der Waals surface area contributed by atoms with E-state index >= 15 is 0 Å². The molecule has 1 aliphatic rings. The maximum absolute atomic E-state index is 9.56. The van der Waals surface area contributed by atoms with Crippen LogP contribution in [0.5, 0.6) is 0 Å². The summed E-state index contributed by atoms with van der Waals surface area (Å²) in [6.07, 6.45) is 8.62. The average Bonchev–Trinajstić information content (AvgIpc) is 3.32. The second kappa shape index (κ2) is 10.2. The lowest BCUT2D eigenvalue weighted by Crippen LogP contribution is -2.41. The molecule has 34 heavy (non-hydrogen) atoms. The van der Waals surface area contributed by atoms with Gasteiger partial charge in [-0.3, -0.25) is 4.98 Å². The summed E-state index contributed by atoms with van der Waals surface area (Å²) in [5.74, 6) is 1.40. The minimum absolute atomic E-state index is 0.176. The van der Waals surface area contributed by atoms with Gasteiger partial charge in [0.25, 0.3) is 0 Å². The lowest BCUT2D eigenvalue weighted by molar-refractivity contribution is 0.261. The summed E-state index contributed by atoms with van der Waals surface area (Å²) in [7, 11) is 0. The van der Waals surface area contributed by atoms with Gasteiger partial charge in [0.2, 0.25) is 11.9 Å². The summed E-state index contributed by atoms with van der Waals surface area (Å²) in [6, 6.07) is 14.6. The van der Waals surface area contributed by atoms with Crippen LogP contribution in [-0.2, 0) is 13.0 Å². The molecule has 1 aromatic carbocycles. The molecule has 0 bridgehead atoms. The second-order valence-corrected chi connectivity index (χ2v) is 8.73. The number of benzene rings is 1. The van der Waals surface area contributed by atoms with E-state index in [-0.39, 0.29) is 12.6 Å². The van der Waals surface area contributed by atoms with Crippen molar-refractivity contribution in [3.8, 4) is 11.3 Å². The highest BCUT2D eigenvalue weighted by Gasteiger charge is 2.26. The van der Waals surface area contributed by atoms with Crippen molar-refractivity contribution in [2.45, 2.75) is 51.6 Å². The monoisotopic (exact) mass is 457 g/mol. The van der Waals surface area contributed by atoms with Crippen molar-refractivity contribution in [1.82, 2.24) is 24.6 Å². The van der Waals surface area contributed by atoms with E-state index < -0.39 is 0 Å². The zero-order valence-corrected chi connectivity index (χ0v) is 19.6. The number of piperidine rings is 1. The summed E-state index contributed by atoms with van der Waals surface area (Å²) in [5.41, 5.74) is 5.14. The number of fused-ring (bicyclic) bond motifs is 1. The molecule has 0 saturated carbocycles. The van der Waals surface area contributed by atoms with Gasteiger partial charge in [0, 0.05) is 43.1 Å². The van der Waals surface area contributed by atoms with E-state index in [0.29, 0.717) is 18.4 Å². The normalized spacial score (nSPS) is 16.2. The van der Waals surface area contributed by atoms with Gasteiger partial charge in [-0.15, -0.1) is 0 Å². The molecule has 8 heteroatoms. The standard InChI is InChI=1S/C26H31N7O/c1-2-20-18-29-33-24(20)30-26(32-15-6-4-7-22(32)13-16-34)31-25(33)28-17-19-9-11-21(12-10-19)23-8-3-5-14-27-23/h3,5,8-12,14,18,22,34H,2,4,6-7,13,15-17H2,1H3,(H,28,30,31)/t22-/m0/s1. The van der Waals surface area contributed by atoms with Gasteiger partial charge in [-0.1, -0.05) is 37.3 Å². The number of anilines is 2. The fraction of sp³-hybridized carbons (Fsp3) is 0.385. The largest absolute Gasteiger partial charge is 0.396 e. The van der Waals surface area contributed by atoms with Crippen molar-refractivity contribution in [3.05, 3.63) is 66.0 Å². The third kappa shape index (κ3) is 4.59. The molecule has 0 amide bonds. The minimum Gasteiger partial charge on any atom is -0.396 e. The van der Waals surface area contributed by atoms with Gasteiger partial charge in [-0.2, -0.15) is 19.6 Å². The van der Waals surface area contributed by atoms with Crippen molar-refractivity contribution in [1.29, 1.82) is 0 Å². The molecule has 0 unspecified atom stereocenters. The van der Waals surface area contributed by atoms with Crippen molar-refractivity contribution in [2.75, 3.05) is 23.4 Å². The number of hydrogen-bond acceptors (Lipinski definition) is 7. The van der Waals surface area contributed by atoms with Crippen molar-refractivity contribution >= 4 is 17.5 Å². The highest BCUT2D eigenvalue weighted by atomic mass is 16.3. The number of aliphatic hydroxyl groups excluding tert-OH is 1. The van der Waals surface area contributed by atoms with Crippen LogP contribution in [0.1, 0.15) is 43.7 Å². The Morgan fingerprint density at radius 3 is 2.74 bits per heavy atom. The maximum atomic E-state index is 9.56. The lowest BCUT2D eigenvalue weighted by Gasteiger charge is -2.35. The van der Waals surface area contributed by atoms with Crippen molar-refractivity contribution in [3.63, 3.8) is 0 Å². The summed E-state index contributed by atoms with van der Waals surface area (Å²) in [6.45, 7) is 3.82. The number of aliphatic hydroxyl groups is 1. The molecular weight excluding hydrogens is 426 g/mol. The summed E-state index contributed by atoms with van der Waals surface area (Å²) < 4.78 is 1.80. The van der Waals surface area contributed by atoms with Crippen LogP contribution in [0.15, 0.2) is 54.9 Å². The Bertz CT molecular complexity index is 1220. The number of nitrogens with one attached hydrogen (secondary N) is 1. The zero-order chi connectivity index (χ0) is 23.3. The smallest absolute Gasteiger partial charge is 0.230 e. The number of nitrogens with zero attached hydrogens (tertiary/aromatic N) is 6. The molecule has 0 spiro atoms. The maximum Gasteiger partial charge on any atom is 0.230 e. The molecule has 2 N–H and O–H groups in total. The number of pyridine rings is 1. The van der Waals surface area contributed by atoms with Gasteiger partial charge < -0.3 is 15.3 Å². The van der Waals surface area contributed by atoms with Gasteiger partial charge in [0.05, 0.1) is 11.9 Å². The number of aryl methyl sites for hydroxylation is 1. The van der Waals surface area contributed by atoms with E-state index in [0.717, 1.165) is 60.3 Å². The molecule has 5 rings (SSSR count). The third-order valence-electron chi connectivity index (χ3n) is 6.52.